The number of aromatic carboxylic acids is 1. The van der Waals surface area contributed by atoms with Gasteiger partial charge in [0.2, 0.25) is 0 Å². The molecule has 0 radical (unpaired) electrons. The van der Waals surface area contributed by atoms with E-state index in [1.807, 2.05) is 0 Å². The normalized spacial score (nSPS) is 11.7. The molecule has 0 aliphatic rings. The fourth-order valence-corrected chi connectivity index (χ4v) is 5.96. The zero-order valence-corrected chi connectivity index (χ0v) is 33.2. The van der Waals surface area contributed by atoms with Gasteiger partial charge in [0.05, 0.1) is 35.7 Å². The van der Waals surface area contributed by atoms with Gasteiger partial charge in [-0.1, -0.05) is 12.1 Å². The maximum Gasteiger partial charge on any atom is 1.00 e. The van der Waals surface area contributed by atoms with Crippen LogP contribution in [0.5, 0.6) is 23.0 Å². The number of nitrogens with two attached hydrogens (primary N) is 1. The van der Waals surface area contributed by atoms with Crippen LogP contribution in [0.1, 0.15) is 11.8 Å². The van der Waals surface area contributed by atoms with Crippen LogP contribution in [0.25, 0.3) is 21.9 Å². The summed E-state index contributed by atoms with van der Waals surface area (Å²) in [5.74, 6) is -2.56. The molecule has 52 heavy (non-hydrogen) atoms. The summed E-state index contributed by atoms with van der Waals surface area (Å²) < 4.78 is 81.8. The largest absolute Gasteiger partial charge is 1.00 e. The number of phenolic OH excluding ortho intramolecular Hbond substituents is 1. The summed E-state index contributed by atoms with van der Waals surface area (Å²) in [6.45, 7) is 0. The van der Waals surface area contributed by atoms with Crippen LogP contribution in [0.2, 0.25) is 0 Å². The first-order valence-corrected chi connectivity index (χ1v) is 16.6. The van der Waals surface area contributed by atoms with E-state index < -0.39 is 64.4 Å². The van der Waals surface area contributed by atoms with E-state index in [4.69, 9.17) is 15.2 Å². The number of carboxylic acids is 1. The molecule has 0 saturated heterocycles. The van der Waals surface area contributed by atoms with Crippen LogP contribution in [0.4, 0.5) is 28.4 Å². The van der Waals surface area contributed by atoms with Crippen molar-refractivity contribution in [2.45, 2.75) is 9.79 Å². The fourth-order valence-electron chi connectivity index (χ4n) is 4.77. The van der Waals surface area contributed by atoms with Crippen LogP contribution in [0.3, 0.4) is 0 Å². The minimum absolute atomic E-state index is 0. The van der Waals surface area contributed by atoms with Crippen LogP contribution in [0.15, 0.2) is 103 Å². The number of ether oxygens (including phenoxy) is 2. The predicted octanol–water partition coefficient (Wildman–Crippen LogP) is -1.36. The molecule has 4 N–H and O–H groups in total. The van der Waals surface area contributed by atoms with Gasteiger partial charge < -0.3 is 44.4 Å². The Balaban J connectivity index is 0.00000324. The smallest absolute Gasteiger partial charge is 0.744 e. The topological polar surface area (TPSA) is 289 Å². The van der Waals surface area contributed by atoms with Crippen molar-refractivity contribution < 1.29 is 116 Å². The molecule has 0 spiro atoms. The number of nitrogen functional groups attached to an aromatic ring is 1. The Labute approximate surface area is 341 Å². The molecule has 258 valence electrons. The molecule has 5 rings (SSSR count). The number of azo groups is 2. The third-order valence-corrected chi connectivity index (χ3v) is 8.80. The molecule has 5 aromatic rings. The van der Waals surface area contributed by atoms with Crippen molar-refractivity contribution in [1.82, 2.24) is 0 Å². The third-order valence-electron chi connectivity index (χ3n) is 7.14. The number of nitrogens with zero attached hydrogens (tertiary/aromatic N) is 4. The van der Waals surface area contributed by atoms with Gasteiger partial charge in [-0.05, 0) is 77.2 Å². The maximum absolute atomic E-state index is 12.1. The number of anilines is 1. The van der Waals surface area contributed by atoms with Gasteiger partial charge >= 0.3 is 60.5 Å². The first-order valence-electron chi connectivity index (χ1n) is 13.8. The second-order valence-electron chi connectivity index (χ2n) is 10.3. The molecule has 21 heteroatoms. The van der Waals surface area contributed by atoms with Gasteiger partial charge in [-0.25, -0.2) is 16.8 Å². The predicted molar refractivity (Wildman–Crippen MR) is 173 cm³/mol. The van der Waals surface area contributed by atoms with E-state index in [0.717, 1.165) is 30.3 Å². The van der Waals surface area contributed by atoms with E-state index in [2.05, 4.69) is 20.5 Å². The Kier molecular flexibility index (Phi) is 13.6. The minimum atomic E-state index is -5.33. The van der Waals surface area contributed by atoms with Crippen LogP contribution < -0.4 is 79.4 Å². The van der Waals surface area contributed by atoms with Crippen LogP contribution in [0, 0.1) is 0 Å². The monoisotopic (exact) mass is 767 g/mol. The van der Waals surface area contributed by atoms with Crippen molar-refractivity contribution >= 4 is 65.4 Å². The summed E-state index contributed by atoms with van der Waals surface area (Å²) in [4.78, 5) is 9.32. The quantitative estimate of drug-likeness (QED) is 0.0641. The number of hydrogen-bond donors (Lipinski definition) is 3. The number of rotatable bonds is 10. The molecular formula is C31H23N5Na2O12S2. The van der Waals surface area contributed by atoms with Gasteiger partial charge in [0.15, 0.2) is 5.75 Å². The molecule has 0 fully saturated rings. The summed E-state index contributed by atoms with van der Waals surface area (Å²) >= 11 is 0. The van der Waals surface area contributed by atoms with Crippen LogP contribution in [-0.2, 0) is 20.2 Å². The van der Waals surface area contributed by atoms with E-state index in [1.54, 1.807) is 30.3 Å². The molecule has 0 atom stereocenters. The number of phenols is 2. The number of hydrogen-bond acceptors (Lipinski definition) is 17. The molecule has 0 unspecified atom stereocenters. The van der Waals surface area contributed by atoms with Gasteiger partial charge in [-0.15, -0.1) is 15.3 Å². The number of carboxylic acid groups (broad SMARTS) is 1. The number of benzene rings is 5. The summed E-state index contributed by atoms with van der Waals surface area (Å²) in [5.41, 5.74) is 5.85. The first-order chi connectivity index (χ1) is 23.5. The van der Waals surface area contributed by atoms with Crippen LogP contribution in [-0.4, -0.2) is 56.3 Å². The van der Waals surface area contributed by atoms with Gasteiger partial charge in [-0.2, -0.15) is 5.11 Å². The second-order valence-corrected chi connectivity index (χ2v) is 13.0. The van der Waals surface area contributed by atoms with Crippen molar-refractivity contribution in [2.75, 3.05) is 20.0 Å². The van der Waals surface area contributed by atoms with Crippen LogP contribution >= 0.6 is 0 Å². The van der Waals surface area contributed by atoms with E-state index in [-0.39, 0.29) is 99.9 Å². The van der Waals surface area contributed by atoms with Crippen molar-refractivity contribution in [3.63, 3.8) is 0 Å². The number of aromatic hydroxyl groups is 2. The van der Waals surface area contributed by atoms with Gasteiger partial charge in [0.25, 0.3) is 0 Å². The first kappa shape index (κ1) is 42.3. The number of methoxy groups -OCH3 is 2. The standard InChI is InChI=1S/C31H25N5O12S2.2Na/c1-47-25-10-15(3-6-22(25)34-33-18-5-8-24(37)20(13-18)31(39)40)16-4-7-23(26(11-16)48-2)35-36-29-27(50(44,45)46)12-17-9-19(49(41,42)43)14-21(32)28(17)30(29)38;;/h3-14,37-38H,32H2,1-2H3,(H,39,40)(H,41,42,43)(H,44,45,46);;/q;2*+1/p-2. The zero-order valence-electron chi connectivity index (χ0n) is 28.6. The molecule has 0 amide bonds. The second kappa shape index (κ2) is 16.7. The summed E-state index contributed by atoms with van der Waals surface area (Å²) in [6, 6.07) is 15.3. The number of carbonyl (C=O) groups excluding carboxylic acids is 1. The molecule has 0 bridgehead atoms. The molecule has 0 saturated carbocycles. The Bertz CT molecular complexity index is 2500. The summed E-state index contributed by atoms with van der Waals surface area (Å²) in [6.07, 6.45) is 0. The van der Waals surface area contributed by atoms with E-state index >= 15 is 0 Å². The molecule has 5 aromatic carbocycles. The molecular weight excluding hydrogens is 744 g/mol. The van der Waals surface area contributed by atoms with Gasteiger partial charge in [0, 0.05) is 16.6 Å². The molecule has 0 aliphatic heterocycles. The maximum atomic E-state index is 12.1. The van der Waals surface area contributed by atoms with Gasteiger partial charge in [0.1, 0.15) is 54.5 Å². The molecule has 0 heterocycles. The van der Waals surface area contributed by atoms with Crippen molar-refractivity contribution in [3.05, 3.63) is 78.4 Å². The summed E-state index contributed by atoms with van der Waals surface area (Å²) in [5, 5.41) is 47.1. The molecule has 0 aromatic heterocycles. The Morgan fingerprint density at radius 3 is 1.81 bits per heavy atom. The third kappa shape index (κ3) is 9.07. The number of fused-ring (bicyclic) bond motifs is 1. The summed E-state index contributed by atoms with van der Waals surface area (Å²) in [7, 11) is -7.64. The van der Waals surface area contributed by atoms with Crippen molar-refractivity contribution in [1.29, 1.82) is 0 Å². The van der Waals surface area contributed by atoms with E-state index in [0.29, 0.717) is 11.1 Å². The minimum Gasteiger partial charge on any atom is -0.744 e. The zero-order chi connectivity index (χ0) is 36.5. The molecule has 17 nitrogen and oxygen atoms in total. The van der Waals surface area contributed by atoms with E-state index in [1.165, 1.54) is 26.4 Å². The Morgan fingerprint density at radius 2 is 1.31 bits per heavy atom. The van der Waals surface area contributed by atoms with Crippen molar-refractivity contribution in [3.8, 4) is 34.1 Å². The Hall–Kier alpha value is -4.15. The average Bonchev–Trinajstić information content (AvgIpc) is 3.06. The Morgan fingerprint density at radius 1 is 0.750 bits per heavy atom. The number of carbonyl (C=O) groups is 1. The average molecular weight is 768 g/mol. The van der Waals surface area contributed by atoms with Gasteiger partial charge in [-0.3, -0.25) is 0 Å². The SMILES string of the molecule is COc1cc(-c2ccc(N=Nc3c(S(=O)(=O)[O-])cc4cc(S(=O)(=O)[O-])cc(N)c4c3O)c(OC)c2)ccc1N=Nc1ccc(O)c(C(=O)[O-])c1.[H+].[Na+].[Na+]. The molecule has 0 aliphatic carbocycles. The van der Waals surface area contributed by atoms with E-state index in [9.17, 15) is 46.1 Å². The fraction of sp³-hybridized carbons (Fsp3) is 0.0645. The van der Waals surface area contributed by atoms with Crippen molar-refractivity contribution in [2.24, 2.45) is 20.5 Å².